The molecule has 0 radical (unpaired) electrons. The molecule has 1 fully saturated rings. The zero-order valence-corrected chi connectivity index (χ0v) is 12.8. The molecule has 118 valence electrons. The molecule has 1 aromatic carbocycles. The van der Waals surface area contributed by atoms with Crippen molar-refractivity contribution in [1.82, 2.24) is 0 Å². The normalized spacial score (nSPS) is 20.3. The van der Waals surface area contributed by atoms with Gasteiger partial charge in [0.05, 0.1) is 12.0 Å². The summed E-state index contributed by atoms with van der Waals surface area (Å²) in [6, 6.07) is 9.58. The van der Waals surface area contributed by atoms with Gasteiger partial charge in [-0.05, 0) is 37.5 Å². The smallest absolute Gasteiger partial charge is 0.231 e. The molecule has 22 heavy (non-hydrogen) atoms. The Balaban J connectivity index is 1.82. The Kier molecular flexibility index (Phi) is 5.90. The van der Waals surface area contributed by atoms with Crippen molar-refractivity contribution in [2.24, 2.45) is 5.92 Å². The van der Waals surface area contributed by atoms with E-state index < -0.39 is 12.8 Å². The summed E-state index contributed by atoms with van der Waals surface area (Å²) in [6.45, 7) is 1.96. The average Bonchev–Trinajstić information content (AvgIpc) is 2.55. The molecule has 2 unspecified atom stereocenters. The SMILES string of the molecule is C/C=C(\C=C/CF)C(O)CCC1CN(c2ccccc2)C1=O. The lowest BCUT2D eigenvalue weighted by Gasteiger charge is -2.38. The molecular formula is C18H22FNO2. The topological polar surface area (TPSA) is 40.5 Å². The predicted octanol–water partition coefficient (Wildman–Crippen LogP) is 3.26. The van der Waals surface area contributed by atoms with Crippen LogP contribution in [-0.4, -0.2) is 30.3 Å². The molecule has 3 nitrogen and oxygen atoms in total. The van der Waals surface area contributed by atoms with Crippen molar-refractivity contribution < 1.29 is 14.3 Å². The maximum absolute atomic E-state index is 12.2. The van der Waals surface area contributed by atoms with E-state index in [9.17, 15) is 14.3 Å². The second-order valence-electron chi connectivity index (χ2n) is 5.42. The van der Waals surface area contributed by atoms with Crippen molar-refractivity contribution in [3.63, 3.8) is 0 Å². The summed E-state index contributed by atoms with van der Waals surface area (Å²) >= 11 is 0. The first-order valence-corrected chi connectivity index (χ1v) is 7.60. The van der Waals surface area contributed by atoms with Gasteiger partial charge in [-0.1, -0.05) is 36.4 Å². The number of para-hydroxylation sites is 1. The minimum atomic E-state index is -0.647. The molecule has 0 aromatic heterocycles. The number of hydrogen-bond donors (Lipinski definition) is 1. The van der Waals surface area contributed by atoms with E-state index in [4.69, 9.17) is 0 Å². The monoisotopic (exact) mass is 303 g/mol. The van der Waals surface area contributed by atoms with Crippen LogP contribution in [-0.2, 0) is 4.79 Å². The zero-order valence-electron chi connectivity index (χ0n) is 12.8. The largest absolute Gasteiger partial charge is 0.388 e. The van der Waals surface area contributed by atoms with Gasteiger partial charge in [0.1, 0.15) is 6.67 Å². The standard InChI is InChI=1S/C18H22FNO2/c1-2-14(7-6-12-19)17(21)11-10-15-13-20(18(15)22)16-8-4-3-5-9-16/h2-9,15,17,21H,10-13H2,1H3/b7-6-,14-2+. The number of allylic oxidation sites excluding steroid dienone is 2. The van der Waals surface area contributed by atoms with Crippen molar-refractivity contribution in [1.29, 1.82) is 0 Å². The van der Waals surface area contributed by atoms with Crippen molar-refractivity contribution >= 4 is 11.6 Å². The van der Waals surface area contributed by atoms with Crippen LogP contribution in [0.3, 0.4) is 0 Å². The van der Waals surface area contributed by atoms with Crippen LogP contribution in [0.1, 0.15) is 19.8 Å². The fourth-order valence-corrected chi connectivity index (χ4v) is 2.66. The molecule has 1 heterocycles. The number of hydrogen-bond acceptors (Lipinski definition) is 2. The van der Waals surface area contributed by atoms with E-state index >= 15 is 0 Å². The van der Waals surface area contributed by atoms with E-state index in [1.807, 2.05) is 37.3 Å². The van der Waals surface area contributed by atoms with Gasteiger partial charge in [0, 0.05) is 12.2 Å². The minimum absolute atomic E-state index is 0.0295. The molecule has 2 rings (SSSR count). The number of alkyl halides is 1. The molecule has 1 aliphatic rings. The molecule has 0 spiro atoms. The van der Waals surface area contributed by atoms with Crippen LogP contribution in [0, 0.1) is 5.92 Å². The maximum atomic E-state index is 12.2. The second kappa shape index (κ2) is 7.90. The molecule has 0 bridgehead atoms. The van der Waals surface area contributed by atoms with Gasteiger partial charge >= 0.3 is 0 Å². The molecule has 4 heteroatoms. The fraction of sp³-hybridized carbons (Fsp3) is 0.389. The van der Waals surface area contributed by atoms with Crippen LogP contribution in [0.15, 0.2) is 54.1 Å². The molecule has 2 atom stereocenters. The zero-order chi connectivity index (χ0) is 15.9. The molecule has 1 saturated heterocycles. The Morgan fingerprint density at radius 2 is 2.18 bits per heavy atom. The van der Waals surface area contributed by atoms with Crippen LogP contribution < -0.4 is 4.90 Å². The Morgan fingerprint density at radius 3 is 2.77 bits per heavy atom. The van der Waals surface area contributed by atoms with Crippen molar-refractivity contribution in [3.8, 4) is 0 Å². The molecule has 1 amide bonds. The highest BCUT2D eigenvalue weighted by molar-refractivity contribution is 6.01. The summed E-state index contributed by atoms with van der Waals surface area (Å²) in [4.78, 5) is 13.9. The highest BCUT2D eigenvalue weighted by Crippen LogP contribution is 2.29. The number of benzene rings is 1. The number of rotatable bonds is 7. The third-order valence-corrected chi connectivity index (χ3v) is 3.99. The Morgan fingerprint density at radius 1 is 1.45 bits per heavy atom. The van der Waals surface area contributed by atoms with Crippen LogP contribution >= 0.6 is 0 Å². The summed E-state index contributed by atoms with van der Waals surface area (Å²) in [7, 11) is 0. The Hall–Kier alpha value is -1.94. The Bertz CT molecular complexity index is 553. The number of nitrogens with zero attached hydrogens (tertiary/aromatic N) is 1. The van der Waals surface area contributed by atoms with Gasteiger partial charge in [0.15, 0.2) is 0 Å². The van der Waals surface area contributed by atoms with E-state index in [-0.39, 0.29) is 11.8 Å². The van der Waals surface area contributed by atoms with Crippen LogP contribution in [0.25, 0.3) is 0 Å². The minimum Gasteiger partial charge on any atom is -0.388 e. The first kappa shape index (κ1) is 16.4. The Labute approximate surface area is 130 Å². The fourth-order valence-electron chi connectivity index (χ4n) is 2.66. The quantitative estimate of drug-likeness (QED) is 0.620. The van der Waals surface area contributed by atoms with Gasteiger partial charge in [0.2, 0.25) is 5.91 Å². The molecule has 1 aromatic rings. The van der Waals surface area contributed by atoms with Gasteiger partial charge < -0.3 is 10.0 Å². The average molecular weight is 303 g/mol. The van der Waals surface area contributed by atoms with Gasteiger partial charge in [-0.3, -0.25) is 4.79 Å². The number of halogens is 1. The number of aliphatic hydroxyl groups is 1. The number of carbonyl (C=O) groups excluding carboxylic acids is 1. The van der Waals surface area contributed by atoms with Gasteiger partial charge in [-0.25, -0.2) is 4.39 Å². The van der Waals surface area contributed by atoms with E-state index in [0.29, 0.717) is 25.0 Å². The predicted molar refractivity (Wildman–Crippen MR) is 86.4 cm³/mol. The summed E-state index contributed by atoms with van der Waals surface area (Å²) in [5, 5.41) is 10.1. The van der Waals surface area contributed by atoms with Gasteiger partial charge in [0.25, 0.3) is 0 Å². The van der Waals surface area contributed by atoms with Gasteiger partial charge in [-0.15, -0.1) is 0 Å². The van der Waals surface area contributed by atoms with Crippen molar-refractivity contribution in [3.05, 3.63) is 54.1 Å². The van der Waals surface area contributed by atoms with Gasteiger partial charge in [-0.2, -0.15) is 0 Å². The molecule has 1 N–H and O–H groups in total. The van der Waals surface area contributed by atoms with E-state index in [2.05, 4.69) is 0 Å². The number of aliphatic hydroxyl groups excluding tert-OH is 1. The number of carbonyl (C=O) groups is 1. The third kappa shape index (κ3) is 3.83. The summed E-state index contributed by atoms with van der Waals surface area (Å²) in [6.07, 6.45) is 5.26. The van der Waals surface area contributed by atoms with Crippen molar-refractivity contribution in [2.45, 2.75) is 25.9 Å². The lowest BCUT2D eigenvalue weighted by Crippen LogP contribution is -2.52. The van der Waals surface area contributed by atoms with E-state index in [1.54, 1.807) is 17.1 Å². The van der Waals surface area contributed by atoms with Crippen LogP contribution in [0.4, 0.5) is 10.1 Å². The van der Waals surface area contributed by atoms with E-state index in [1.165, 1.54) is 6.08 Å². The highest BCUT2D eigenvalue weighted by Gasteiger charge is 2.37. The lowest BCUT2D eigenvalue weighted by molar-refractivity contribution is -0.127. The molecule has 1 aliphatic heterocycles. The van der Waals surface area contributed by atoms with Crippen LogP contribution in [0.2, 0.25) is 0 Å². The second-order valence-corrected chi connectivity index (χ2v) is 5.42. The number of anilines is 1. The first-order valence-electron chi connectivity index (χ1n) is 7.60. The third-order valence-electron chi connectivity index (χ3n) is 3.99. The molecule has 0 saturated carbocycles. The summed E-state index contributed by atoms with van der Waals surface area (Å²) in [5.74, 6) is 0.0813. The summed E-state index contributed by atoms with van der Waals surface area (Å²) < 4.78 is 12.1. The number of β-lactam (4-membered cyclic amide) rings is 1. The molecule has 0 aliphatic carbocycles. The van der Waals surface area contributed by atoms with Crippen LogP contribution in [0.5, 0.6) is 0 Å². The van der Waals surface area contributed by atoms with Crippen molar-refractivity contribution in [2.75, 3.05) is 18.1 Å². The number of amides is 1. The first-order chi connectivity index (χ1) is 10.7. The lowest BCUT2D eigenvalue weighted by atomic mass is 9.90. The highest BCUT2D eigenvalue weighted by atomic mass is 19.1. The molecular weight excluding hydrogens is 281 g/mol. The summed E-state index contributed by atoms with van der Waals surface area (Å²) in [5.41, 5.74) is 1.62. The maximum Gasteiger partial charge on any atom is 0.231 e. The van der Waals surface area contributed by atoms with E-state index in [0.717, 1.165) is 5.69 Å².